The quantitative estimate of drug-likeness (QED) is 0.670. The molecule has 1 aromatic heterocycles. The van der Waals surface area contributed by atoms with Crippen LogP contribution in [0.3, 0.4) is 0 Å². The fourth-order valence-corrected chi connectivity index (χ4v) is 5.57. The van der Waals surface area contributed by atoms with Gasteiger partial charge in [-0.1, -0.05) is 19.4 Å². The standard InChI is InChI=1S/C22H31N3O4S/c1-2-16-7-9-22(10-8-16)20(27)25(21(28)23-22)15-19(26)24(13-17-5-3-11-29-17)14-18-6-4-12-30-18/h4,6,12,16-17H,2-3,5,7-11,13-15H2,1H3,(H,23,28). The van der Waals surface area contributed by atoms with Gasteiger partial charge in [0.25, 0.3) is 5.91 Å². The van der Waals surface area contributed by atoms with E-state index in [9.17, 15) is 14.4 Å². The summed E-state index contributed by atoms with van der Waals surface area (Å²) in [6, 6.07) is 3.52. The van der Waals surface area contributed by atoms with Crippen molar-refractivity contribution in [3.05, 3.63) is 22.4 Å². The van der Waals surface area contributed by atoms with Crippen LogP contribution in [0.4, 0.5) is 4.79 Å². The molecule has 0 bridgehead atoms. The van der Waals surface area contributed by atoms with Crippen molar-refractivity contribution in [3.63, 3.8) is 0 Å². The average molecular weight is 434 g/mol. The number of ether oxygens (including phenoxy) is 1. The second kappa shape index (κ2) is 9.06. The minimum Gasteiger partial charge on any atom is -0.376 e. The Morgan fingerprint density at radius 1 is 1.33 bits per heavy atom. The van der Waals surface area contributed by atoms with Crippen molar-refractivity contribution in [2.45, 2.75) is 70.1 Å². The molecule has 1 N–H and O–H groups in total. The monoisotopic (exact) mass is 433 g/mol. The Balaban J connectivity index is 1.43. The molecule has 30 heavy (non-hydrogen) atoms. The predicted octanol–water partition coefficient (Wildman–Crippen LogP) is 3.15. The summed E-state index contributed by atoms with van der Waals surface area (Å²) in [7, 11) is 0. The van der Waals surface area contributed by atoms with E-state index in [4.69, 9.17) is 4.74 Å². The van der Waals surface area contributed by atoms with E-state index in [2.05, 4.69) is 12.2 Å². The van der Waals surface area contributed by atoms with Crippen LogP contribution < -0.4 is 5.32 Å². The molecule has 1 unspecified atom stereocenters. The van der Waals surface area contributed by atoms with E-state index in [1.807, 2.05) is 17.5 Å². The highest BCUT2D eigenvalue weighted by Crippen LogP contribution is 2.37. The molecule has 1 spiro atoms. The number of urea groups is 1. The van der Waals surface area contributed by atoms with E-state index in [0.29, 0.717) is 31.8 Å². The van der Waals surface area contributed by atoms with Crippen LogP contribution in [0.1, 0.15) is 56.7 Å². The van der Waals surface area contributed by atoms with Gasteiger partial charge in [0.15, 0.2) is 0 Å². The largest absolute Gasteiger partial charge is 0.376 e. The number of carbonyl (C=O) groups is 3. The molecule has 1 aromatic rings. The zero-order valence-corrected chi connectivity index (χ0v) is 18.4. The lowest BCUT2D eigenvalue weighted by atomic mass is 9.75. The molecule has 1 atom stereocenters. The molecular formula is C22H31N3O4S. The number of rotatable bonds is 7. The molecule has 3 fully saturated rings. The van der Waals surface area contributed by atoms with E-state index >= 15 is 0 Å². The van der Waals surface area contributed by atoms with Crippen LogP contribution in [0.2, 0.25) is 0 Å². The van der Waals surface area contributed by atoms with Crippen molar-refractivity contribution in [3.8, 4) is 0 Å². The Morgan fingerprint density at radius 3 is 2.77 bits per heavy atom. The lowest BCUT2D eigenvalue weighted by Gasteiger charge is -2.34. The van der Waals surface area contributed by atoms with Crippen LogP contribution >= 0.6 is 11.3 Å². The summed E-state index contributed by atoms with van der Waals surface area (Å²) in [6.07, 6.45) is 6.25. The molecule has 2 aliphatic heterocycles. The minimum absolute atomic E-state index is 0.0210. The molecule has 2 saturated heterocycles. The summed E-state index contributed by atoms with van der Waals surface area (Å²) in [4.78, 5) is 42.9. The molecule has 1 aliphatic carbocycles. The topological polar surface area (TPSA) is 79.0 Å². The Bertz CT molecular complexity index is 767. The number of thiophene rings is 1. The molecule has 164 valence electrons. The summed E-state index contributed by atoms with van der Waals surface area (Å²) in [6.45, 7) is 3.65. The zero-order chi connectivity index (χ0) is 21.1. The Hall–Kier alpha value is -1.93. The van der Waals surface area contributed by atoms with Gasteiger partial charge in [0.2, 0.25) is 5.91 Å². The van der Waals surface area contributed by atoms with Crippen LogP contribution in [-0.2, 0) is 20.9 Å². The number of carbonyl (C=O) groups excluding carboxylic acids is 3. The third-order valence-corrected chi connectivity index (χ3v) is 7.66. The van der Waals surface area contributed by atoms with Gasteiger partial charge in [-0.2, -0.15) is 0 Å². The number of amides is 4. The third kappa shape index (κ3) is 4.39. The first-order chi connectivity index (χ1) is 14.5. The van der Waals surface area contributed by atoms with Gasteiger partial charge in [-0.25, -0.2) is 4.79 Å². The van der Waals surface area contributed by atoms with Crippen molar-refractivity contribution in [2.24, 2.45) is 5.92 Å². The minimum atomic E-state index is -0.809. The van der Waals surface area contributed by atoms with Crippen LogP contribution in [-0.4, -0.2) is 59.0 Å². The van der Waals surface area contributed by atoms with Gasteiger partial charge in [-0.3, -0.25) is 14.5 Å². The van der Waals surface area contributed by atoms with Gasteiger partial charge in [-0.15, -0.1) is 11.3 Å². The first-order valence-electron chi connectivity index (χ1n) is 11.1. The van der Waals surface area contributed by atoms with Gasteiger partial charge in [0.1, 0.15) is 12.1 Å². The van der Waals surface area contributed by atoms with Crippen LogP contribution in [0, 0.1) is 5.92 Å². The van der Waals surface area contributed by atoms with Gasteiger partial charge in [0, 0.05) is 18.0 Å². The highest BCUT2D eigenvalue weighted by Gasteiger charge is 2.52. The zero-order valence-electron chi connectivity index (χ0n) is 17.6. The summed E-state index contributed by atoms with van der Waals surface area (Å²) in [5.74, 6) is 0.175. The molecule has 7 nitrogen and oxygen atoms in total. The number of hydrogen-bond acceptors (Lipinski definition) is 5. The summed E-state index contributed by atoms with van der Waals surface area (Å²) in [5.41, 5.74) is -0.809. The van der Waals surface area contributed by atoms with Gasteiger partial charge >= 0.3 is 6.03 Å². The Morgan fingerprint density at radius 2 is 2.13 bits per heavy atom. The smallest absolute Gasteiger partial charge is 0.325 e. The molecule has 8 heteroatoms. The summed E-state index contributed by atoms with van der Waals surface area (Å²) in [5, 5.41) is 4.90. The highest BCUT2D eigenvalue weighted by molar-refractivity contribution is 7.09. The molecule has 1 saturated carbocycles. The molecular weight excluding hydrogens is 402 g/mol. The highest BCUT2D eigenvalue weighted by atomic mass is 32.1. The fourth-order valence-electron chi connectivity index (χ4n) is 4.85. The fraction of sp³-hybridized carbons (Fsp3) is 0.682. The summed E-state index contributed by atoms with van der Waals surface area (Å²) >= 11 is 1.60. The van der Waals surface area contributed by atoms with E-state index < -0.39 is 11.6 Å². The third-order valence-electron chi connectivity index (χ3n) is 6.80. The first-order valence-corrected chi connectivity index (χ1v) is 11.9. The van der Waals surface area contributed by atoms with Crippen molar-refractivity contribution in [1.29, 1.82) is 0 Å². The van der Waals surface area contributed by atoms with Crippen molar-refractivity contribution < 1.29 is 19.1 Å². The predicted molar refractivity (Wildman–Crippen MR) is 114 cm³/mol. The van der Waals surface area contributed by atoms with Gasteiger partial charge in [0.05, 0.1) is 12.6 Å². The molecule has 4 amide bonds. The lowest BCUT2D eigenvalue weighted by Crippen LogP contribution is -2.50. The van der Waals surface area contributed by atoms with Crippen LogP contribution in [0.15, 0.2) is 17.5 Å². The maximum absolute atomic E-state index is 13.2. The van der Waals surface area contributed by atoms with Gasteiger partial charge in [-0.05, 0) is 55.9 Å². The molecule has 0 aromatic carbocycles. The van der Waals surface area contributed by atoms with Crippen molar-refractivity contribution in [2.75, 3.05) is 19.7 Å². The normalized spacial score (nSPS) is 28.9. The van der Waals surface area contributed by atoms with E-state index in [1.165, 1.54) is 0 Å². The average Bonchev–Trinajstić information content (AvgIpc) is 3.48. The van der Waals surface area contributed by atoms with E-state index in [0.717, 1.165) is 48.5 Å². The Labute approximate surface area is 181 Å². The second-order valence-corrected chi connectivity index (χ2v) is 9.78. The van der Waals surface area contributed by atoms with Crippen molar-refractivity contribution in [1.82, 2.24) is 15.1 Å². The SMILES string of the molecule is CCC1CCC2(CC1)NC(=O)N(CC(=O)N(Cc1cccs1)CC1CCCO1)C2=O. The number of nitrogens with zero attached hydrogens (tertiary/aromatic N) is 2. The summed E-state index contributed by atoms with van der Waals surface area (Å²) < 4.78 is 5.73. The van der Waals surface area contributed by atoms with Gasteiger partial charge < -0.3 is 15.0 Å². The second-order valence-electron chi connectivity index (χ2n) is 8.74. The number of hydrogen-bond donors (Lipinski definition) is 1. The van der Waals surface area contributed by atoms with Crippen LogP contribution in [0.5, 0.6) is 0 Å². The van der Waals surface area contributed by atoms with Crippen LogP contribution in [0.25, 0.3) is 0 Å². The molecule has 3 aliphatic rings. The molecule has 4 rings (SSSR count). The van der Waals surface area contributed by atoms with E-state index in [-0.39, 0.29) is 24.5 Å². The molecule has 0 radical (unpaired) electrons. The maximum Gasteiger partial charge on any atom is 0.325 e. The lowest BCUT2D eigenvalue weighted by molar-refractivity contribution is -0.140. The number of nitrogens with one attached hydrogen (secondary N) is 1. The molecule has 3 heterocycles. The Kier molecular flexibility index (Phi) is 6.43. The van der Waals surface area contributed by atoms with Crippen molar-refractivity contribution >= 4 is 29.2 Å². The van der Waals surface area contributed by atoms with E-state index in [1.54, 1.807) is 16.2 Å². The first kappa shape index (κ1) is 21.3. The maximum atomic E-state index is 13.2. The number of imide groups is 1.